The molecule has 0 bridgehead atoms. The number of hydrogen-bond acceptors (Lipinski definition) is 8. The Morgan fingerprint density at radius 2 is 1.70 bits per heavy atom. The Morgan fingerprint density at radius 1 is 1.15 bits per heavy atom. The van der Waals surface area contributed by atoms with E-state index in [1.54, 1.807) is 39.8 Å². The van der Waals surface area contributed by atoms with E-state index in [4.69, 9.17) is 26.0 Å². The summed E-state index contributed by atoms with van der Waals surface area (Å²) in [6, 6.07) is 9.28. The van der Waals surface area contributed by atoms with Crippen LogP contribution >= 0.6 is 31.7 Å². The van der Waals surface area contributed by atoms with Gasteiger partial charge in [0.2, 0.25) is 0 Å². The molecule has 0 saturated carbocycles. The molecule has 0 spiro atoms. The second-order valence-electron chi connectivity index (χ2n) is 5.23. The molecule has 0 amide bonds. The van der Waals surface area contributed by atoms with Gasteiger partial charge in [0.1, 0.15) is 5.25 Å². The Kier molecular flexibility index (Phi) is 10.3. The lowest BCUT2D eigenvalue weighted by Crippen LogP contribution is -2.42. The minimum absolute atomic E-state index is 0.178. The third-order valence-corrected chi connectivity index (χ3v) is 7.04. The van der Waals surface area contributed by atoms with Gasteiger partial charge in [-0.15, -0.1) is 0 Å². The van der Waals surface area contributed by atoms with Crippen LogP contribution in [0.5, 0.6) is 0 Å². The molecule has 0 heterocycles. The summed E-state index contributed by atoms with van der Waals surface area (Å²) < 4.78 is 31.0. The molecule has 0 saturated heterocycles. The van der Waals surface area contributed by atoms with Crippen molar-refractivity contribution >= 4 is 47.7 Å². The number of thioether (sulfide) groups is 1. The van der Waals surface area contributed by atoms with Crippen LogP contribution in [0.25, 0.3) is 0 Å². The lowest BCUT2D eigenvalue weighted by Gasteiger charge is -2.38. The number of anilines is 1. The number of esters is 1. The first-order chi connectivity index (χ1) is 12.8. The molecule has 1 aromatic rings. The molecular weight excluding hydrogens is 407 g/mol. The highest BCUT2D eigenvalue weighted by atomic mass is 32.2. The Balaban J connectivity index is 3.22. The Bertz CT molecular complexity index is 652. The molecule has 152 valence electrons. The molecule has 7 nitrogen and oxygen atoms in total. The van der Waals surface area contributed by atoms with Gasteiger partial charge in [-0.2, -0.15) is 4.78 Å². The van der Waals surface area contributed by atoms with E-state index in [9.17, 15) is 9.36 Å². The van der Waals surface area contributed by atoms with E-state index >= 15 is 0 Å². The van der Waals surface area contributed by atoms with Crippen LogP contribution in [0.2, 0.25) is 0 Å². The summed E-state index contributed by atoms with van der Waals surface area (Å²) >= 11 is 6.58. The number of para-hydroxylation sites is 1. The first kappa shape index (κ1) is 23.9. The van der Waals surface area contributed by atoms with Crippen molar-refractivity contribution in [3.8, 4) is 0 Å². The van der Waals surface area contributed by atoms with Gasteiger partial charge >= 0.3 is 13.7 Å². The van der Waals surface area contributed by atoms with E-state index in [2.05, 4.69) is 0 Å². The van der Waals surface area contributed by atoms with E-state index in [0.717, 1.165) is 17.4 Å². The average molecular weight is 435 g/mol. The quantitative estimate of drug-likeness (QED) is 0.229. The van der Waals surface area contributed by atoms with Gasteiger partial charge in [0.15, 0.2) is 4.32 Å². The van der Waals surface area contributed by atoms with E-state index in [1.165, 1.54) is 4.78 Å². The van der Waals surface area contributed by atoms with Crippen molar-refractivity contribution in [1.82, 2.24) is 4.78 Å². The topological polar surface area (TPSA) is 68.3 Å². The number of nitrogens with zero attached hydrogens (tertiary/aromatic N) is 2. The fourth-order valence-corrected chi connectivity index (χ4v) is 5.68. The zero-order valence-corrected chi connectivity index (χ0v) is 18.8. The second-order valence-corrected chi connectivity index (χ2v) is 9.04. The summed E-state index contributed by atoms with van der Waals surface area (Å²) in [6.45, 7) is 7.51. The lowest BCUT2D eigenvalue weighted by atomic mass is 10.3. The fourth-order valence-electron chi connectivity index (χ4n) is 2.12. The van der Waals surface area contributed by atoms with Crippen molar-refractivity contribution in [3.63, 3.8) is 0 Å². The standard InChI is InChI=1S/C17H27N2O5PS2/c1-6-22-16(20)14(4)27-17(26)19(25(21,23-7-2)24-8-3)18(5)15-12-10-9-11-13-15/h9-14H,6-8H2,1-5H3. The summed E-state index contributed by atoms with van der Waals surface area (Å²) in [5.74, 6) is -0.394. The highest BCUT2D eigenvalue weighted by Gasteiger charge is 2.40. The van der Waals surface area contributed by atoms with Crippen molar-refractivity contribution in [2.24, 2.45) is 0 Å². The van der Waals surface area contributed by atoms with Gasteiger partial charge in [-0.25, -0.2) is 4.57 Å². The van der Waals surface area contributed by atoms with Gasteiger partial charge in [-0.3, -0.25) is 18.9 Å². The molecule has 27 heavy (non-hydrogen) atoms. The first-order valence-electron chi connectivity index (χ1n) is 8.66. The van der Waals surface area contributed by atoms with Crippen LogP contribution in [0.3, 0.4) is 0 Å². The SMILES string of the molecule is CCOC(=O)C(C)SC(=S)N(N(C)c1ccccc1)P(=O)(OCC)OCC. The van der Waals surface area contributed by atoms with Crippen LogP contribution < -0.4 is 5.01 Å². The molecule has 0 radical (unpaired) electrons. The lowest BCUT2D eigenvalue weighted by molar-refractivity contribution is -0.142. The molecule has 0 aliphatic carbocycles. The summed E-state index contributed by atoms with van der Waals surface area (Å²) in [4.78, 5) is 12.0. The predicted octanol–water partition coefficient (Wildman–Crippen LogP) is 4.49. The molecule has 0 aliphatic rings. The maximum absolute atomic E-state index is 13.5. The summed E-state index contributed by atoms with van der Waals surface area (Å²) in [7, 11) is -2.05. The molecule has 1 aromatic carbocycles. The normalized spacial score (nSPS) is 12.3. The van der Waals surface area contributed by atoms with Crippen LogP contribution in [0.4, 0.5) is 5.69 Å². The number of thiocarbonyl (C=S) groups is 1. The van der Waals surface area contributed by atoms with Gasteiger partial charge in [0.05, 0.1) is 25.5 Å². The fraction of sp³-hybridized carbons (Fsp3) is 0.529. The maximum Gasteiger partial charge on any atom is 0.455 e. The first-order valence-corrected chi connectivity index (χ1v) is 11.4. The van der Waals surface area contributed by atoms with Crippen molar-refractivity contribution in [3.05, 3.63) is 30.3 Å². The van der Waals surface area contributed by atoms with Crippen molar-refractivity contribution < 1.29 is 23.1 Å². The highest BCUT2D eigenvalue weighted by molar-refractivity contribution is 8.24. The third-order valence-electron chi connectivity index (χ3n) is 3.29. The molecule has 0 aliphatic heterocycles. The molecule has 1 atom stereocenters. The van der Waals surface area contributed by atoms with Gasteiger partial charge in [0.25, 0.3) is 0 Å². The monoisotopic (exact) mass is 434 g/mol. The number of hydrogen-bond donors (Lipinski definition) is 0. The minimum Gasteiger partial charge on any atom is -0.465 e. The zero-order chi connectivity index (χ0) is 20.4. The van der Waals surface area contributed by atoms with Crippen LogP contribution in [-0.4, -0.2) is 47.2 Å². The van der Waals surface area contributed by atoms with Gasteiger partial charge in [-0.05, 0) is 39.8 Å². The molecule has 1 rings (SSSR count). The van der Waals surface area contributed by atoms with E-state index in [1.807, 2.05) is 30.3 Å². The van der Waals surface area contributed by atoms with Gasteiger partial charge in [-0.1, -0.05) is 42.2 Å². The molecule has 0 N–H and O–H groups in total. The molecule has 10 heteroatoms. The van der Waals surface area contributed by atoms with Crippen LogP contribution in [0.15, 0.2) is 30.3 Å². The highest BCUT2D eigenvalue weighted by Crippen LogP contribution is 2.54. The van der Waals surface area contributed by atoms with E-state index < -0.39 is 19.0 Å². The minimum atomic E-state index is -3.76. The number of benzene rings is 1. The molecule has 0 fully saturated rings. The average Bonchev–Trinajstić information content (AvgIpc) is 2.63. The molecule has 1 unspecified atom stereocenters. The summed E-state index contributed by atoms with van der Waals surface area (Å²) in [5.41, 5.74) is 0.740. The molecule has 0 aromatic heterocycles. The van der Waals surface area contributed by atoms with Gasteiger partial charge in [0, 0.05) is 7.05 Å². The maximum atomic E-state index is 13.5. The van der Waals surface area contributed by atoms with Crippen molar-refractivity contribution in [2.75, 3.05) is 31.9 Å². The predicted molar refractivity (Wildman–Crippen MR) is 114 cm³/mol. The Labute approximate surface area is 170 Å². The Morgan fingerprint density at radius 3 is 2.19 bits per heavy atom. The number of ether oxygens (including phenoxy) is 1. The van der Waals surface area contributed by atoms with Crippen molar-refractivity contribution in [2.45, 2.75) is 32.9 Å². The number of hydrazine groups is 1. The van der Waals surface area contributed by atoms with Crippen LogP contribution in [-0.2, 0) is 23.1 Å². The zero-order valence-electron chi connectivity index (χ0n) is 16.3. The Hall–Kier alpha value is -1.12. The largest absolute Gasteiger partial charge is 0.465 e. The smallest absolute Gasteiger partial charge is 0.455 e. The number of rotatable bonds is 10. The molecular formula is C17H27N2O5PS2. The van der Waals surface area contributed by atoms with Crippen LogP contribution in [0.1, 0.15) is 27.7 Å². The number of carbonyl (C=O) groups excluding carboxylic acids is 1. The van der Waals surface area contributed by atoms with Crippen molar-refractivity contribution in [1.29, 1.82) is 0 Å². The second kappa shape index (κ2) is 11.7. The van der Waals surface area contributed by atoms with E-state index in [0.29, 0.717) is 0 Å². The van der Waals surface area contributed by atoms with E-state index in [-0.39, 0.29) is 24.1 Å². The van der Waals surface area contributed by atoms with Gasteiger partial charge < -0.3 is 4.74 Å². The van der Waals surface area contributed by atoms with Crippen LogP contribution in [0, 0.1) is 0 Å². The summed E-state index contributed by atoms with van der Waals surface area (Å²) in [6.07, 6.45) is 0. The summed E-state index contributed by atoms with van der Waals surface area (Å²) in [5, 5.41) is 1.04. The number of carbonyl (C=O) groups is 1. The third kappa shape index (κ3) is 6.76.